The highest BCUT2D eigenvalue weighted by molar-refractivity contribution is 5.69. The number of rotatable bonds is 21. The lowest BCUT2D eigenvalue weighted by Crippen LogP contribution is -2.16. The lowest BCUT2D eigenvalue weighted by molar-refractivity contribution is -0.147. The Bertz CT molecular complexity index is 417. The SMILES string of the molecule is CCCCCCC/C=C\C(CCCCCCC(=O)O)OC(=O)CCCCCCC. The fraction of sp³-hybridized carbons (Fsp3) is 0.840. The zero-order valence-corrected chi connectivity index (χ0v) is 19.1. The van der Waals surface area contributed by atoms with Crippen LogP contribution in [0.4, 0.5) is 0 Å². The topological polar surface area (TPSA) is 63.6 Å². The van der Waals surface area contributed by atoms with Gasteiger partial charge in [-0.2, -0.15) is 0 Å². The zero-order valence-electron chi connectivity index (χ0n) is 19.1. The number of carboxylic acid groups (broad SMARTS) is 1. The summed E-state index contributed by atoms with van der Waals surface area (Å²) in [7, 11) is 0. The highest BCUT2D eigenvalue weighted by Gasteiger charge is 2.11. The highest BCUT2D eigenvalue weighted by atomic mass is 16.5. The van der Waals surface area contributed by atoms with E-state index in [0.29, 0.717) is 6.42 Å². The molecule has 29 heavy (non-hydrogen) atoms. The number of hydrogen-bond donors (Lipinski definition) is 1. The molecule has 4 heteroatoms. The Morgan fingerprint density at radius 3 is 1.93 bits per heavy atom. The van der Waals surface area contributed by atoms with Gasteiger partial charge in [0.05, 0.1) is 0 Å². The molecule has 0 heterocycles. The summed E-state index contributed by atoms with van der Waals surface area (Å²) in [6, 6.07) is 0. The molecule has 0 aromatic carbocycles. The van der Waals surface area contributed by atoms with Gasteiger partial charge in [-0.25, -0.2) is 0 Å². The van der Waals surface area contributed by atoms with Crippen molar-refractivity contribution in [2.75, 3.05) is 0 Å². The average molecular weight is 411 g/mol. The van der Waals surface area contributed by atoms with Crippen LogP contribution in [0.3, 0.4) is 0 Å². The molecule has 0 bridgehead atoms. The van der Waals surface area contributed by atoms with Crippen molar-refractivity contribution in [1.82, 2.24) is 0 Å². The van der Waals surface area contributed by atoms with E-state index in [1.165, 1.54) is 51.4 Å². The quantitative estimate of drug-likeness (QED) is 0.120. The second-order valence-corrected chi connectivity index (χ2v) is 8.17. The molecule has 4 nitrogen and oxygen atoms in total. The molecular weight excluding hydrogens is 364 g/mol. The van der Waals surface area contributed by atoms with E-state index in [1.54, 1.807) is 0 Å². The van der Waals surface area contributed by atoms with Crippen LogP contribution >= 0.6 is 0 Å². The van der Waals surface area contributed by atoms with E-state index in [4.69, 9.17) is 9.84 Å². The second kappa shape index (κ2) is 21.4. The summed E-state index contributed by atoms with van der Waals surface area (Å²) in [6.45, 7) is 4.42. The number of carboxylic acids is 1. The Morgan fingerprint density at radius 1 is 0.759 bits per heavy atom. The third-order valence-corrected chi connectivity index (χ3v) is 5.22. The first-order chi connectivity index (χ1) is 14.1. The Balaban J connectivity index is 4.18. The first-order valence-electron chi connectivity index (χ1n) is 12.2. The van der Waals surface area contributed by atoms with Crippen LogP contribution in [0.5, 0.6) is 0 Å². The smallest absolute Gasteiger partial charge is 0.306 e. The zero-order chi connectivity index (χ0) is 21.6. The van der Waals surface area contributed by atoms with Crippen LogP contribution in [0.15, 0.2) is 12.2 Å². The third-order valence-electron chi connectivity index (χ3n) is 5.22. The first-order valence-corrected chi connectivity index (χ1v) is 12.2. The predicted molar refractivity (Wildman–Crippen MR) is 121 cm³/mol. The summed E-state index contributed by atoms with van der Waals surface area (Å²) in [4.78, 5) is 22.8. The predicted octanol–water partition coefficient (Wildman–Crippen LogP) is 7.60. The van der Waals surface area contributed by atoms with Gasteiger partial charge in [-0.1, -0.05) is 84.1 Å². The Kier molecular flexibility index (Phi) is 20.4. The normalized spacial score (nSPS) is 12.3. The molecule has 0 aromatic rings. The van der Waals surface area contributed by atoms with Crippen molar-refractivity contribution in [2.24, 2.45) is 0 Å². The van der Waals surface area contributed by atoms with E-state index >= 15 is 0 Å². The van der Waals surface area contributed by atoms with Crippen molar-refractivity contribution >= 4 is 11.9 Å². The van der Waals surface area contributed by atoms with Crippen molar-refractivity contribution in [2.45, 2.75) is 136 Å². The fourth-order valence-electron chi connectivity index (χ4n) is 3.38. The number of aliphatic carboxylic acids is 1. The molecule has 1 atom stereocenters. The molecular formula is C25H46O4. The Labute approximate surface area is 179 Å². The van der Waals surface area contributed by atoms with Crippen LogP contribution < -0.4 is 0 Å². The van der Waals surface area contributed by atoms with Gasteiger partial charge in [-0.05, 0) is 44.6 Å². The van der Waals surface area contributed by atoms with Crippen LogP contribution in [0.25, 0.3) is 0 Å². The van der Waals surface area contributed by atoms with E-state index in [2.05, 4.69) is 26.0 Å². The van der Waals surface area contributed by atoms with Gasteiger partial charge in [0.25, 0.3) is 0 Å². The number of esters is 1. The monoisotopic (exact) mass is 410 g/mol. The minimum absolute atomic E-state index is 0.0787. The van der Waals surface area contributed by atoms with Crippen molar-refractivity contribution in [3.05, 3.63) is 12.2 Å². The van der Waals surface area contributed by atoms with Crippen LogP contribution in [-0.4, -0.2) is 23.1 Å². The van der Waals surface area contributed by atoms with Gasteiger partial charge in [-0.15, -0.1) is 0 Å². The molecule has 0 fully saturated rings. The summed E-state index contributed by atoms with van der Waals surface area (Å²) in [5.41, 5.74) is 0. The summed E-state index contributed by atoms with van der Waals surface area (Å²) in [5.74, 6) is -0.803. The largest absolute Gasteiger partial charge is 0.481 e. The minimum Gasteiger partial charge on any atom is -0.481 e. The van der Waals surface area contributed by atoms with Crippen molar-refractivity contribution in [3.63, 3.8) is 0 Å². The minimum atomic E-state index is -0.724. The lowest BCUT2D eigenvalue weighted by atomic mass is 10.1. The standard InChI is InChI=1S/C25H46O4/c1-3-5-7-9-10-12-15-19-23(20-16-13-14-17-21-24(26)27)29-25(28)22-18-11-8-6-4-2/h15,19,23H,3-14,16-18,20-22H2,1-2H3,(H,26,27)/b19-15-. The molecule has 170 valence electrons. The highest BCUT2D eigenvalue weighted by Crippen LogP contribution is 2.14. The number of ether oxygens (including phenoxy) is 1. The van der Waals surface area contributed by atoms with Gasteiger partial charge in [-0.3, -0.25) is 9.59 Å². The molecule has 0 saturated heterocycles. The number of carbonyl (C=O) groups excluding carboxylic acids is 1. The lowest BCUT2D eigenvalue weighted by Gasteiger charge is -2.15. The molecule has 0 aliphatic carbocycles. The van der Waals surface area contributed by atoms with Crippen molar-refractivity contribution in [1.29, 1.82) is 0 Å². The van der Waals surface area contributed by atoms with E-state index < -0.39 is 5.97 Å². The summed E-state index contributed by atoms with van der Waals surface area (Å²) < 4.78 is 5.73. The molecule has 0 aliphatic rings. The Morgan fingerprint density at radius 2 is 1.31 bits per heavy atom. The molecule has 0 rings (SSSR count). The number of hydrogen-bond acceptors (Lipinski definition) is 3. The molecule has 1 N–H and O–H groups in total. The van der Waals surface area contributed by atoms with Gasteiger partial charge in [0.1, 0.15) is 6.10 Å². The van der Waals surface area contributed by atoms with E-state index in [-0.39, 0.29) is 18.5 Å². The Hall–Kier alpha value is -1.32. The van der Waals surface area contributed by atoms with Crippen molar-refractivity contribution in [3.8, 4) is 0 Å². The molecule has 0 aromatic heterocycles. The van der Waals surface area contributed by atoms with Gasteiger partial charge in [0.2, 0.25) is 0 Å². The number of allylic oxidation sites excluding steroid dienone is 1. The maximum atomic E-state index is 12.2. The summed E-state index contributed by atoms with van der Waals surface area (Å²) >= 11 is 0. The van der Waals surface area contributed by atoms with Crippen LogP contribution in [0, 0.1) is 0 Å². The van der Waals surface area contributed by atoms with Gasteiger partial charge in [0.15, 0.2) is 0 Å². The van der Waals surface area contributed by atoms with Crippen LogP contribution in [0.1, 0.15) is 129 Å². The number of unbranched alkanes of at least 4 members (excludes halogenated alkanes) is 12. The van der Waals surface area contributed by atoms with Gasteiger partial charge >= 0.3 is 11.9 Å². The van der Waals surface area contributed by atoms with E-state index in [0.717, 1.165) is 51.4 Å². The molecule has 0 amide bonds. The first kappa shape index (κ1) is 27.7. The summed E-state index contributed by atoms with van der Waals surface area (Å²) in [6.07, 6.45) is 22.4. The number of carbonyl (C=O) groups is 2. The molecule has 0 saturated carbocycles. The van der Waals surface area contributed by atoms with Gasteiger partial charge in [0, 0.05) is 12.8 Å². The third kappa shape index (κ3) is 21.2. The van der Waals surface area contributed by atoms with Crippen LogP contribution in [0.2, 0.25) is 0 Å². The van der Waals surface area contributed by atoms with Crippen LogP contribution in [-0.2, 0) is 14.3 Å². The van der Waals surface area contributed by atoms with Gasteiger partial charge < -0.3 is 9.84 Å². The molecule has 0 radical (unpaired) electrons. The molecule has 0 spiro atoms. The van der Waals surface area contributed by atoms with E-state index in [9.17, 15) is 9.59 Å². The molecule has 1 unspecified atom stereocenters. The van der Waals surface area contributed by atoms with E-state index in [1.807, 2.05) is 0 Å². The maximum absolute atomic E-state index is 12.2. The molecule has 0 aliphatic heterocycles. The maximum Gasteiger partial charge on any atom is 0.306 e. The average Bonchev–Trinajstić information content (AvgIpc) is 2.69. The fourth-order valence-corrected chi connectivity index (χ4v) is 3.38. The second-order valence-electron chi connectivity index (χ2n) is 8.17. The van der Waals surface area contributed by atoms with Crippen molar-refractivity contribution < 1.29 is 19.4 Å². The summed E-state index contributed by atoms with van der Waals surface area (Å²) in [5, 5.41) is 8.70.